The van der Waals surface area contributed by atoms with Crippen LogP contribution in [-0.4, -0.2) is 28.0 Å². The zero-order valence-electron chi connectivity index (χ0n) is 9.33. The summed E-state index contributed by atoms with van der Waals surface area (Å²) in [7, 11) is 1.27. The first kappa shape index (κ1) is 11.2. The zero-order chi connectivity index (χ0) is 12.3. The van der Waals surface area contributed by atoms with Crippen molar-refractivity contribution in [2.24, 2.45) is 0 Å². The monoisotopic (exact) mass is 232 g/mol. The number of carbonyl (C=O) groups excluding carboxylic acids is 1. The summed E-state index contributed by atoms with van der Waals surface area (Å²) in [6.07, 6.45) is 1.23. The van der Waals surface area contributed by atoms with Crippen molar-refractivity contribution in [3.05, 3.63) is 47.8 Å². The molecule has 1 aromatic heterocycles. The summed E-state index contributed by atoms with van der Waals surface area (Å²) < 4.78 is 6.01. The Morgan fingerprint density at radius 1 is 1.41 bits per heavy atom. The van der Waals surface area contributed by atoms with Crippen molar-refractivity contribution in [1.29, 1.82) is 0 Å². The van der Waals surface area contributed by atoms with Gasteiger partial charge in [0, 0.05) is 0 Å². The summed E-state index contributed by atoms with van der Waals surface area (Å²) in [5.41, 5.74) is 1.05. The lowest BCUT2D eigenvalue weighted by Gasteiger charge is -2.06. The highest BCUT2D eigenvalue weighted by Gasteiger charge is 2.18. The van der Waals surface area contributed by atoms with Gasteiger partial charge in [-0.1, -0.05) is 30.3 Å². The van der Waals surface area contributed by atoms with E-state index in [1.807, 2.05) is 30.3 Å². The van der Waals surface area contributed by atoms with Gasteiger partial charge in [-0.25, -0.2) is 4.79 Å². The smallest absolute Gasteiger partial charge is 0.360 e. The summed E-state index contributed by atoms with van der Waals surface area (Å²) in [5, 5.41) is 13.5. The molecule has 0 aliphatic rings. The highest BCUT2D eigenvalue weighted by atomic mass is 16.5. The van der Waals surface area contributed by atoms with Crippen LogP contribution in [0, 0.1) is 0 Å². The maximum Gasteiger partial charge on any atom is 0.360 e. The molecule has 1 N–H and O–H groups in total. The molecule has 2 rings (SSSR count). The number of aromatic nitrogens is 2. The standard InChI is InChI=1S/C12H12N2O3/c1-17-12(16)11-10(15)7-13-14(11)8-9-5-3-2-4-6-9/h2-7,15H,8H2,1H3. The molecule has 17 heavy (non-hydrogen) atoms. The van der Waals surface area contributed by atoms with Gasteiger partial charge in [0.2, 0.25) is 0 Å². The molecule has 0 bridgehead atoms. The van der Waals surface area contributed by atoms with Crippen LogP contribution in [0.1, 0.15) is 16.1 Å². The first-order valence-corrected chi connectivity index (χ1v) is 5.09. The minimum atomic E-state index is -0.601. The Balaban J connectivity index is 2.31. The van der Waals surface area contributed by atoms with Crippen molar-refractivity contribution < 1.29 is 14.6 Å². The van der Waals surface area contributed by atoms with Crippen molar-refractivity contribution in [2.75, 3.05) is 7.11 Å². The van der Waals surface area contributed by atoms with E-state index >= 15 is 0 Å². The van der Waals surface area contributed by atoms with Crippen LogP contribution in [-0.2, 0) is 11.3 Å². The largest absolute Gasteiger partial charge is 0.504 e. The molecule has 0 fully saturated rings. The van der Waals surface area contributed by atoms with E-state index in [-0.39, 0.29) is 11.4 Å². The van der Waals surface area contributed by atoms with E-state index < -0.39 is 5.97 Å². The molecule has 0 amide bonds. The average molecular weight is 232 g/mol. The minimum absolute atomic E-state index is 0.0661. The molecule has 0 atom stereocenters. The van der Waals surface area contributed by atoms with Gasteiger partial charge in [-0.3, -0.25) is 4.68 Å². The molecule has 0 aliphatic heterocycles. The summed E-state index contributed by atoms with van der Waals surface area (Å²) in [6, 6.07) is 9.54. The fourth-order valence-electron chi connectivity index (χ4n) is 1.56. The number of hydrogen-bond donors (Lipinski definition) is 1. The number of rotatable bonds is 3. The Morgan fingerprint density at radius 2 is 2.12 bits per heavy atom. The summed E-state index contributed by atoms with van der Waals surface area (Å²) in [4.78, 5) is 11.5. The predicted molar refractivity (Wildman–Crippen MR) is 60.8 cm³/mol. The van der Waals surface area contributed by atoms with E-state index in [4.69, 9.17) is 0 Å². The topological polar surface area (TPSA) is 64.3 Å². The molecule has 0 aliphatic carbocycles. The van der Waals surface area contributed by atoms with Gasteiger partial charge in [0.15, 0.2) is 11.4 Å². The third kappa shape index (κ3) is 2.28. The van der Waals surface area contributed by atoms with Crippen molar-refractivity contribution in [1.82, 2.24) is 9.78 Å². The normalized spacial score (nSPS) is 10.2. The van der Waals surface area contributed by atoms with Crippen molar-refractivity contribution in [3.8, 4) is 5.75 Å². The van der Waals surface area contributed by atoms with E-state index in [2.05, 4.69) is 9.84 Å². The van der Waals surface area contributed by atoms with Crippen molar-refractivity contribution in [2.45, 2.75) is 6.54 Å². The van der Waals surface area contributed by atoms with E-state index in [0.717, 1.165) is 5.56 Å². The number of esters is 1. The van der Waals surface area contributed by atoms with Crippen LogP contribution in [0.5, 0.6) is 5.75 Å². The quantitative estimate of drug-likeness (QED) is 0.813. The highest BCUT2D eigenvalue weighted by Crippen LogP contribution is 2.17. The highest BCUT2D eigenvalue weighted by molar-refractivity contribution is 5.90. The summed E-state index contributed by atoms with van der Waals surface area (Å²) in [6.45, 7) is 0.409. The molecule has 0 unspecified atom stereocenters. The maximum atomic E-state index is 11.5. The number of ether oxygens (including phenoxy) is 1. The van der Waals surface area contributed by atoms with Gasteiger partial charge in [-0.05, 0) is 5.56 Å². The molecule has 5 nitrogen and oxygen atoms in total. The number of benzene rings is 1. The van der Waals surface area contributed by atoms with Crippen LogP contribution < -0.4 is 0 Å². The third-order valence-electron chi connectivity index (χ3n) is 2.37. The Morgan fingerprint density at radius 3 is 2.76 bits per heavy atom. The van der Waals surface area contributed by atoms with Gasteiger partial charge in [-0.2, -0.15) is 5.10 Å². The Bertz CT molecular complexity index is 520. The molecule has 2 aromatic rings. The Labute approximate surface area is 98.3 Å². The molecule has 88 valence electrons. The van der Waals surface area contributed by atoms with Gasteiger partial charge >= 0.3 is 5.97 Å². The number of carbonyl (C=O) groups is 1. The number of hydrogen-bond acceptors (Lipinski definition) is 4. The Kier molecular flexibility index (Phi) is 3.09. The minimum Gasteiger partial charge on any atom is -0.504 e. The molecule has 0 radical (unpaired) electrons. The molecular weight excluding hydrogens is 220 g/mol. The molecule has 0 saturated carbocycles. The SMILES string of the molecule is COC(=O)c1c(O)cnn1Cc1ccccc1. The molecular formula is C12H12N2O3. The Hall–Kier alpha value is -2.30. The van der Waals surface area contributed by atoms with Crippen LogP contribution in [0.2, 0.25) is 0 Å². The fourth-order valence-corrected chi connectivity index (χ4v) is 1.56. The molecule has 1 aromatic carbocycles. The maximum absolute atomic E-state index is 11.5. The zero-order valence-corrected chi connectivity index (χ0v) is 9.33. The van der Waals surface area contributed by atoms with E-state index in [1.165, 1.54) is 18.0 Å². The van der Waals surface area contributed by atoms with Gasteiger partial charge in [0.05, 0.1) is 19.9 Å². The molecule has 0 saturated heterocycles. The van der Waals surface area contributed by atoms with Gasteiger partial charge in [0.1, 0.15) is 0 Å². The number of aromatic hydroxyl groups is 1. The second-order valence-corrected chi connectivity index (χ2v) is 3.51. The van der Waals surface area contributed by atoms with E-state index in [0.29, 0.717) is 6.54 Å². The summed E-state index contributed by atoms with van der Waals surface area (Å²) >= 11 is 0. The average Bonchev–Trinajstić information content (AvgIpc) is 2.71. The first-order chi connectivity index (χ1) is 8.22. The lowest BCUT2D eigenvalue weighted by Crippen LogP contribution is -2.12. The first-order valence-electron chi connectivity index (χ1n) is 5.09. The summed E-state index contributed by atoms with van der Waals surface area (Å²) in [5.74, 6) is -0.774. The molecule has 5 heteroatoms. The van der Waals surface area contributed by atoms with Gasteiger partial charge < -0.3 is 9.84 Å². The second kappa shape index (κ2) is 4.69. The fraction of sp³-hybridized carbons (Fsp3) is 0.167. The van der Waals surface area contributed by atoms with E-state index in [1.54, 1.807) is 0 Å². The lowest BCUT2D eigenvalue weighted by molar-refractivity contribution is 0.0584. The van der Waals surface area contributed by atoms with Crippen LogP contribution in [0.3, 0.4) is 0 Å². The van der Waals surface area contributed by atoms with Crippen molar-refractivity contribution in [3.63, 3.8) is 0 Å². The van der Waals surface area contributed by atoms with E-state index in [9.17, 15) is 9.90 Å². The second-order valence-electron chi connectivity index (χ2n) is 3.51. The van der Waals surface area contributed by atoms with Crippen LogP contribution in [0.25, 0.3) is 0 Å². The van der Waals surface area contributed by atoms with Gasteiger partial charge in [-0.15, -0.1) is 0 Å². The van der Waals surface area contributed by atoms with Gasteiger partial charge in [0.25, 0.3) is 0 Å². The molecule has 0 spiro atoms. The van der Waals surface area contributed by atoms with Crippen LogP contribution in [0.4, 0.5) is 0 Å². The van der Waals surface area contributed by atoms with Crippen molar-refractivity contribution >= 4 is 5.97 Å². The number of methoxy groups -OCH3 is 1. The third-order valence-corrected chi connectivity index (χ3v) is 2.37. The predicted octanol–water partition coefficient (Wildman–Crippen LogP) is 1.42. The molecule has 1 heterocycles. The lowest BCUT2D eigenvalue weighted by atomic mass is 10.2. The van der Waals surface area contributed by atoms with Crippen LogP contribution >= 0.6 is 0 Å². The van der Waals surface area contributed by atoms with Crippen LogP contribution in [0.15, 0.2) is 36.5 Å². The number of nitrogens with zero attached hydrogens (tertiary/aromatic N) is 2.